The molecule has 2 unspecified atom stereocenters. The summed E-state index contributed by atoms with van der Waals surface area (Å²) >= 11 is 0. The van der Waals surface area contributed by atoms with Crippen LogP contribution in [0.4, 0.5) is 10.1 Å². The SMILES string of the molecule is CCNC(=NCc1ccc(N(C)C)c(F)c1)N1CCOC(C2CCCO2)C1.I. The average molecular weight is 506 g/mol. The van der Waals surface area contributed by atoms with E-state index in [4.69, 9.17) is 14.5 Å². The van der Waals surface area contributed by atoms with Crippen molar-refractivity contribution in [2.24, 2.45) is 4.99 Å². The van der Waals surface area contributed by atoms with Crippen LogP contribution in [0.25, 0.3) is 0 Å². The van der Waals surface area contributed by atoms with Crippen molar-refractivity contribution in [3.63, 3.8) is 0 Å². The molecule has 3 rings (SSSR count). The number of hydrogen-bond donors (Lipinski definition) is 1. The highest BCUT2D eigenvalue weighted by molar-refractivity contribution is 14.0. The van der Waals surface area contributed by atoms with E-state index < -0.39 is 0 Å². The van der Waals surface area contributed by atoms with E-state index in [1.54, 1.807) is 17.0 Å². The third-order valence-electron chi connectivity index (χ3n) is 5.01. The highest BCUT2D eigenvalue weighted by Gasteiger charge is 2.32. The van der Waals surface area contributed by atoms with E-state index in [-0.39, 0.29) is 42.0 Å². The van der Waals surface area contributed by atoms with Gasteiger partial charge in [-0.1, -0.05) is 6.07 Å². The molecule has 2 aliphatic rings. The van der Waals surface area contributed by atoms with Gasteiger partial charge in [-0.15, -0.1) is 24.0 Å². The monoisotopic (exact) mass is 506 g/mol. The highest BCUT2D eigenvalue weighted by atomic mass is 127. The Morgan fingerprint density at radius 3 is 2.71 bits per heavy atom. The second kappa shape index (κ2) is 11.2. The normalized spacial score (nSPS) is 22.7. The molecule has 28 heavy (non-hydrogen) atoms. The third-order valence-corrected chi connectivity index (χ3v) is 5.01. The number of nitrogens with one attached hydrogen (secondary N) is 1. The molecule has 0 radical (unpaired) electrons. The van der Waals surface area contributed by atoms with Crippen LogP contribution in [0.3, 0.4) is 0 Å². The number of guanidine groups is 1. The minimum absolute atomic E-state index is 0. The molecule has 0 bridgehead atoms. The topological polar surface area (TPSA) is 49.3 Å². The molecule has 1 aromatic carbocycles. The Balaban J connectivity index is 0.00000280. The van der Waals surface area contributed by atoms with Gasteiger partial charge in [-0.3, -0.25) is 0 Å². The Bertz CT molecular complexity index is 653. The van der Waals surface area contributed by atoms with E-state index in [1.165, 1.54) is 0 Å². The maximum Gasteiger partial charge on any atom is 0.194 e. The quantitative estimate of drug-likeness (QED) is 0.378. The number of hydrogen-bond acceptors (Lipinski definition) is 4. The van der Waals surface area contributed by atoms with Crippen LogP contribution in [0.2, 0.25) is 0 Å². The number of morpholine rings is 1. The maximum absolute atomic E-state index is 14.2. The maximum atomic E-state index is 14.2. The largest absolute Gasteiger partial charge is 0.375 e. The van der Waals surface area contributed by atoms with E-state index in [9.17, 15) is 4.39 Å². The fraction of sp³-hybridized carbons (Fsp3) is 0.650. The molecule has 158 valence electrons. The van der Waals surface area contributed by atoms with Crippen LogP contribution in [0.1, 0.15) is 25.3 Å². The zero-order chi connectivity index (χ0) is 19.2. The smallest absolute Gasteiger partial charge is 0.194 e. The minimum atomic E-state index is -0.220. The summed E-state index contributed by atoms with van der Waals surface area (Å²) < 4.78 is 25.9. The Morgan fingerprint density at radius 1 is 1.29 bits per heavy atom. The van der Waals surface area contributed by atoms with Gasteiger partial charge in [0.05, 0.1) is 24.9 Å². The molecule has 0 aromatic heterocycles. The van der Waals surface area contributed by atoms with Gasteiger partial charge in [0.25, 0.3) is 0 Å². The fourth-order valence-corrected chi connectivity index (χ4v) is 3.59. The molecular formula is C20H32FIN4O2. The Labute approximate surface area is 184 Å². The summed E-state index contributed by atoms with van der Waals surface area (Å²) in [6, 6.07) is 5.30. The van der Waals surface area contributed by atoms with Crippen LogP contribution >= 0.6 is 24.0 Å². The van der Waals surface area contributed by atoms with E-state index in [0.29, 0.717) is 18.8 Å². The molecule has 0 spiro atoms. The van der Waals surface area contributed by atoms with Gasteiger partial charge < -0.3 is 24.6 Å². The summed E-state index contributed by atoms with van der Waals surface area (Å²) in [5, 5.41) is 3.36. The van der Waals surface area contributed by atoms with Gasteiger partial charge in [0, 0.05) is 40.3 Å². The number of benzene rings is 1. The summed E-state index contributed by atoms with van der Waals surface area (Å²) in [4.78, 5) is 8.73. The molecule has 0 amide bonds. The summed E-state index contributed by atoms with van der Waals surface area (Å²) in [6.07, 6.45) is 2.43. The number of anilines is 1. The van der Waals surface area contributed by atoms with Crippen LogP contribution in [0.5, 0.6) is 0 Å². The lowest BCUT2D eigenvalue weighted by Crippen LogP contribution is -2.53. The molecule has 0 saturated carbocycles. The van der Waals surface area contributed by atoms with Crippen LogP contribution < -0.4 is 10.2 Å². The van der Waals surface area contributed by atoms with Crippen LogP contribution in [-0.4, -0.2) is 70.0 Å². The number of halogens is 2. The molecule has 2 saturated heterocycles. The number of ether oxygens (including phenoxy) is 2. The van der Waals surface area contributed by atoms with E-state index >= 15 is 0 Å². The van der Waals surface area contributed by atoms with E-state index in [1.807, 2.05) is 20.2 Å². The fourth-order valence-electron chi connectivity index (χ4n) is 3.59. The van der Waals surface area contributed by atoms with E-state index in [2.05, 4.69) is 17.1 Å². The molecule has 0 aliphatic carbocycles. The first-order valence-electron chi connectivity index (χ1n) is 9.80. The predicted octanol–water partition coefficient (Wildman–Crippen LogP) is 2.86. The molecular weight excluding hydrogens is 474 g/mol. The lowest BCUT2D eigenvalue weighted by molar-refractivity contribution is -0.0817. The number of aliphatic imine (C=N–C) groups is 1. The summed E-state index contributed by atoms with van der Waals surface area (Å²) in [7, 11) is 3.67. The molecule has 6 nitrogen and oxygen atoms in total. The Hall–Kier alpha value is -1.13. The highest BCUT2D eigenvalue weighted by Crippen LogP contribution is 2.22. The second-order valence-electron chi connectivity index (χ2n) is 7.26. The first-order chi connectivity index (χ1) is 13.1. The lowest BCUT2D eigenvalue weighted by Gasteiger charge is -2.37. The van der Waals surface area contributed by atoms with Gasteiger partial charge in [0.1, 0.15) is 11.9 Å². The van der Waals surface area contributed by atoms with Crippen LogP contribution in [0, 0.1) is 5.82 Å². The van der Waals surface area contributed by atoms with Gasteiger partial charge in [-0.05, 0) is 37.5 Å². The molecule has 2 atom stereocenters. The lowest BCUT2D eigenvalue weighted by atomic mass is 10.1. The van der Waals surface area contributed by atoms with Crippen molar-refractivity contribution >= 4 is 35.6 Å². The molecule has 2 heterocycles. The van der Waals surface area contributed by atoms with Crippen LogP contribution in [0.15, 0.2) is 23.2 Å². The first-order valence-corrected chi connectivity index (χ1v) is 9.80. The summed E-state index contributed by atoms with van der Waals surface area (Å²) in [6.45, 7) is 6.34. The van der Waals surface area contributed by atoms with Crippen LogP contribution in [-0.2, 0) is 16.0 Å². The number of nitrogens with zero attached hydrogens (tertiary/aromatic N) is 3. The van der Waals surface area contributed by atoms with Crippen molar-refractivity contribution < 1.29 is 13.9 Å². The van der Waals surface area contributed by atoms with Gasteiger partial charge >= 0.3 is 0 Å². The molecule has 2 aliphatic heterocycles. The zero-order valence-electron chi connectivity index (χ0n) is 17.0. The second-order valence-corrected chi connectivity index (χ2v) is 7.26. The average Bonchev–Trinajstić information content (AvgIpc) is 3.20. The van der Waals surface area contributed by atoms with Gasteiger partial charge in [-0.2, -0.15) is 0 Å². The minimum Gasteiger partial charge on any atom is -0.375 e. The zero-order valence-corrected chi connectivity index (χ0v) is 19.3. The van der Waals surface area contributed by atoms with Crippen molar-refractivity contribution in [2.75, 3.05) is 51.8 Å². The summed E-state index contributed by atoms with van der Waals surface area (Å²) in [5.74, 6) is 0.628. The summed E-state index contributed by atoms with van der Waals surface area (Å²) in [5.41, 5.74) is 1.44. The number of rotatable bonds is 5. The van der Waals surface area contributed by atoms with Crippen molar-refractivity contribution in [3.05, 3.63) is 29.6 Å². The van der Waals surface area contributed by atoms with Crippen molar-refractivity contribution in [1.82, 2.24) is 10.2 Å². The molecule has 8 heteroatoms. The van der Waals surface area contributed by atoms with E-state index in [0.717, 1.165) is 50.6 Å². The Morgan fingerprint density at radius 2 is 2.07 bits per heavy atom. The van der Waals surface area contributed by atoms with Gasteiger partial charge in [-0.25, -0.2) is 9.38 Å². The molecule has 1 aromatic rings. The first kappa shape index (κ1) is 23.2. The van der Waals surface area contributed by atoms with Crippen molar-refractivity contribution in [2.45, 2.75) is 38.5 Å². The Kier molecular flexibility index (Phi) is 9.23. The van der Waals surface area contributed by atoms with Crippen molar-refractivity contribution in [3.8, 4) is 0 Å². The third kappa shape index (κ3) is 5.93. The molecule has 2 fully saturated rings. The van der Waals surface area contributed by atoms with Gasteiger partial charge in [0.2, 0.25) is 0 Å². The van der Waals surface area contributed by atoms with Gasteiger partial charge in [0.15, 0.2) is 5.96 Å². The molecule has 1 N–H and O–H groups in total. The van der Waals surface area contributed by atoms with Crippen molar-refractivity contribution in [1.29, 1.82) is 0 Å². The standard InChI is InChI=1S/C20H31FN4O2.HI/c1-4-22-20(23-13-15-7-8-17(24(2)3)16(21)12-15)25-9-11-27-19(14-25)18-6-5-10-26-18;/h7-8,12,18-19H,4-6,9-11,13-14H2,1-3H3,(H,22,23);1H. The predicted molar refractivity (Wildman–Crippen MR) is 121 cm³/mol.